The van der Waals surface area contributed by atoms with E-state index in [-0.39, 0.29) is 6.61 Å². The Morgan fingerprint density at radius 3 is 2.25 bits per heavy atom. The second-order valence-corrected chi connectivity index (χ2v) is 10.6. The van der Waals surface area contributed by atoms with Crippen LogP contribution >= 0.6 is 0 Å². The van der Waals surface area contributed by atoms with Crippen LogP contribution in [-0.2, 0) is 4.43 Å². The van der Waals surface area contributed by atoms with Crippen molar-refractivity contribution in [2.45, 2.75) is 58.2 Å². The van der Waals surface area contributed by atoms with Gasteiger partial charge in [0.25, 0.3) is 0 Å². The van der Waals surface area contributed by atoms with Crippen LogP contribution in [0.25, 0.3) is 0 Å². The van der Waals surface area contributed by atoms with Gasteiger partial charge in [0.15, 0.2) is 8.32 Å². The number of unbranched alkanes of at least 4 members (excludes halogenated alkanes) is 2. The Morgan fingerprint density at radius 2 is 1.75 bits per heavy atom. The van der Waals surface area contributed by atoms with Crippen molar-refractivity contribution >= 4 is 8.32 Å². The highest BCUT2D eigenvalue weighted by Gasteiger charge is 2.36. The number of aliphatic hydroxyl groups excluding tert-OH is 1. The lowest BCUT2D eigenvalue weighted by Gasteiger charge is -2.36. The number of allylic oxidation sites excluding steroid dienone is 1. The standard InChI is InChI=1S/C13H28O2Si/c1-13(2,3)16(4,5)15-12-10-8-6-7-9-11-14/h7,9,14H,6,8,10-12H2,1-5H3. The molecule has 0 amide bonds. The van der Waals surface area contributed by atoms with Crippen molar-refractivity contribution < 1.29 is 9.53 Å². The summed E-state index contributed by atoms with van der Waals surface area (Å²) < 4.78 is 6.07. The molecule has 3 heteroatoms. The van der Waals surface area contributed by atoms with Crippen molar-refractivity contribution in [2.24, 2.45) is 0 Å². The van der Waals surface area contributed by atoms with E-state index in [0.29, 0.717) is 5.04 Å². The summed E-state index contributed by atoms with van der Waals surface area (Å²) in [5.74, 6) is 0. The van der Waals surface area contributed by atoms with E-state index in [9.17, 15) is 0 Å². The largest absolute Gasteiger partial charge is 0.417 e. The molecule has 0 saturated carbocycles. The maximum Gasteiger partial charge on any atom is 0.191 e. The highest BCUT2D eigenvalue weighted by molar-refractivity contribution is 6.74. The van der Waals surface area contributed by atoms with Gasteiger partial charge in [0.2, 0.25) is 0 Å². The second-order valence-electron chi connectivity index (χ2n) is 5.76. The Bertz CT molecular complexity index is 204. The third-order valence-corrected chi connectivity index (χ3v) is 7.84. The first kappa shape index (κ1) is 15.9. The molecular weight excluding hydrogens is 216 g/mol. The average Bonchev–Trinajstić information content (AvgIpc) is 2.14. The molecule has 2 nitrogen and oxygen atoms in total. The summed E-state index contributed by atoms with van der Waals surface area (Å²) in [6.45, 7) is 12.4. The molecule has 0 aromatic rings. The summed E-state index contributed by atoms with van der Waals surface area (Å²) in [5.41, 5.74) is 0. The zero-order valence-electron chi connectivity index (χ0n) is 11.5. The van der Waals surface area contributed by atoms with E-state index in [1.54, 1.807) is 6.08 Å². The fraction of sp³-hybridized carbons (Fsp3) is 0.846. The summed E-state index contributed by atoms with van der Waals surface area (Å²) >= 11 is 0. The van der Waals surface area contributed by atoms with Gasteiger partial charge in [0, 0.05) is 6.61 Å². The SMILES string of the molecule is CC(C)(C)[Si](C)(C)OCCCCC=CCO. The van der Waals surface area contributed by atoms with Gasteiger partial charge in [-0.15, -0.1) is 0 Å². The van der Waals surface area contributed by atoms with Gasteiger partial charge in [0.1, 0.15) is 0 Å². The molecule has 0 aromatic heterocycles. The number of aliphatic hydroxyl groups is 1. The quantitative estimate of drug-likeness (QED) is 0.420. The first-order valence-electron chi connectivity index (χ1n) is 6.21. The van der Waals surface area contributed by atoms with Gasteiger partial charge in [0.05, 0.1) is 6.61 Å². The van der Waals surface area contributed by atoms with Crippen LogP contribution in [0.5, 0.6) is 0 Å². The third kappa shape index (κ3) is 6.46. The molecular formula is C13H28O2Si. The van der Waals surface area contributed by atoms with Crippen LogP contribution in [0.1, 0.15) is 40.0 Å². The average molecular weight is 244 g/mol. The van der Waals surface area contributed by atoms with Crippen LogP contribution in [-0.4, -0.2) is 26.6 Å². The molecule has 0 unspecified atom stereocenters. The molecule has 0 atom stereocenters. The van der Waals surface area contributed by atoms with Gasteiger partial charge in [-0.1, -0.05) is 32.9 Å². The van der Waals surface area contributed by atoms with E-state index in [0.717, 1.165) is 25.9 Å². The molecule has 0 saturated heterocycles. The first-order valence-corrected chi connectivity index (χ1v) is 9.12. The van der Waals surface area contributed by atoms with Crippen LogP contribution < -0.4 is 0 Å². The van der Waals surface area contributed by atoms with Crippen LogP contribution in [0.4, 0.5) is 0 Å². The summed E-state index contributed by atoms with van der Waals surface area (Å²) in [4.78, 5) is 0. The Hall–Kier alpha value is -0.123. The van der Waals surface area contributed by atoms with Crippen molar-refractivity contribution in [2.75, 3.05) is 13.2 Å². The van der Waals surface area contributed by atoms with E-state index < -0.39 is 8.32 Å². The Morgan fingerprint density at radius 1 is 1.12 bits per heavy atom. The van der Waals surface area contributed by atoms with Crippen LogP contribution in [0.3, 0.4) is 0 Å². The number of rotatable bonds is 7. The third-order valence-electron chi connectivity index (χ3n) is 3.31. The molecule has 0 aliphatic rings. The van der Waals surface area contributed by atoms with Gasteiger partial charge in [-0.25, -0.2) is 0 Å². The van der Waals surface area contributed by atoms with Crippen molar-refractivity contribution in [1.82, 2.24) is 0 Å². The van der Waals surface area contributed by atoms with Crippen LogP contribution in [0, 0.1) is 0 Å². The topological polar surface area (TPSA) is 29.5 Å². The van der Waals surface area contributed by atoms with Crippen molar-refractivity contribution in [3.8, 4) is 0 Å². The van der Waals surface area contributed by atoms with Gasteiger partial charge in [-0.05, 0) is 37.4 Å². The normalized spacial score (nSPS) is 13.6. The summed E-state index contributed by atoms with van der Waals surface area (Å²) in [6.07, 6.45) is 7.13. The van der Waals surface area contributed by atoms with Crippen molar-refractivity contribution in [1.29, 1.82) is 0 Å². The van der Waals surface area contributed by atoms with Crippen LogP contribution in [0.15, 0.2) is 12.2 Å². The minimum absolute atomic E-state index is 0.153. The van der Waals surface area contributed by atoms with E-state index >= 15 is 0 Å². The lowest BCUT2D eigenvalue weighted by atomic mass is 10.2. The van der Waals surface area contributed by atoms with Gasteiger partial charge in [-0.2, -0.15) is 0 Å². The molecule has 16 heavy (non-hydrogen) atoms. The van der Waals surface area contributed by atoms with Crippen LogP contribution in [0.2, 0.25) is 18.1 Å². The maximum absolute atomic E-state index is 8.56. The predicted molar refractivity (Wildman–Crippen MR) is 73.2 cm³/mol. The summed E-state index contributed by atoms with van der Waals surface area (Å²) in [7, 11) is -1.54. The van der Waals surface area contributed by atoms with E-state index in [1.807, 2.05) is 6.08 Å². The fourth-order valence-electron chi connectivity index (χ4n) is 1.10. The van der Waals surface area contributed by atoms with E-state index in [1.165, 1.54) is 0 Å². The molecule has 0 aromatic carbocycles. The molecule has 0 spiro atoms. The summed E-state index contributed by atoms with van der Waals surface area (Å²) in [6, 6.07) is 0. The zero-order chi connectivity index (χ0) is 12.7. The van der Waals surface area contributed by atoms with Gasteiger partial charge >= 0.3 is 0 Å². The fourth-order valence-corrected chi connectivity index (χ4v) is 2.19. The molecule has 0 rings (SSSR count). The highest BCUT2D eigenvalue weighted by Crippen LogP contribution is 2.36. The highest BCUT2D eigenvalue weighted by atomic mass is 28.4. The minimum Gasteiger partial charge on any atom is -0.417 e. The molecule has 0 aliphatic heterocycles. The Labute approximate surface area is 102 Å². The lowest BCUT2D eigenvalue weighted by molar-refractivity contribution is 0.279. The maximum atomic E-state index is 8.56. The monoisotopic (exact) mass is 244 g/mol. The lowest BCUT2D eigenvalue weighted by Crippen LogP contribution is -2.40. The minimum atomic E-state index is -1.54. The molecule has 0 fully saturated rings. The van der Waals surface area contributed by atoms with E-state index in [2.05, 4.69) is 33.9 Å². The molecule has 0 bridgehead atoms. The predicted octanol–water partition coefficient (Wildman–Crippen LogP) is 3.73. The second kappa shape index (κ2) is 7.25. The number of hydrogen-bond acceptors (Lipinski definition) is 2. The first-order chi connectivity index (χ1) is 7.31. The van der Waals surface area contributed by atoms with Crippen molar-refractivity contribution in [3.63, 3.8) is 0 Å². The smallest absolute Gasteiger partial charge is 0.191 e. The Kier molecular flexibility index (Phi) is 7.20. The Balaban J connectivity index is 3.63. The zero-order valence-corrected chi connectivity index (χ0v) is 12.5. The molecule has 0 aliphatic carbocycles. The number of hydrogen-bond donors (Lipinski definition) is 1. The van der Waals surface area contributed by atoms with E-state index in [4.69, 9.17) is 9.53 Å². The van der Waals surface area contributed by atoms with Crippen molar-refractivity contribution in [3.05, 3.63) is 12.2 Å². The molecule has 96 valence electrons. The summed E-state index contributed by atoms with van der Waals surface area (Å²) in [5, 5.41) is 8.87. The molecule has 0 heterocycles. The molecule has 0 radical (unpaired) electrons. The van der Waals surface area contributed by atoms with Gasteiger partial charge < -0.3 is 9.53 Å². The van der Waals surface area contributed by atoms with Gasteiger partial charge in [-0.3, -0.25) is 0 Å². The molecule has 1 N–H and O–H groups in total.